The van der Waals surface area contributed by atoms with Crippen LogP contribution in [0.5, 0.6) is 0 Å². The maximum Gasteiger partial charge on any atom is 0.147 e. The maximum absolute atomic E-state index is 11.2. The molecule has 3 heteroatoms. The third-order valence-corrected chi connectivity index (χ3v) is 2.07. The minimum atomic E-state index is 0. The average Bonchev–Trinajstić information content (AvgIpc) is 2.07. The van der Waals surface area contributed by atoms with Crippen LogP contribution in [-0.4, -0.2) is 18.9 Å². The van der Waals surface area contributed by atoms with Gasteiger partial charge in [0.1, 0.15) is 5.78 Å². The fraction of sp³-hybridized carbons (Fsp3) is 0.667. The Morgan fingerprint density at radius 1 is 1.50 bits per heavy atom. The van der Waals surface area contributed by atoms with Gasteiger partial charge in [-0.2, -0.15) is 0 Å². The zero-order valence-corrected chi connectivity index (χ0v) is 7.82. The van der Waals surface area contributed by atoms with E-state index in [1.165, 1.54) is 0 Å². The molecule has 68 valence electrons. The van der Waals surface area contributed by atoms with Crippen molar-refractivity contribution in [1.82, 2.24) is 5.32 Å². The molecular formula is C9H14ClNO. The van der Waals surface area contributed by atoms with Crippen molar-refractivity contribution in [2.24, 2.45) is 5.92 Å². The summed E-state index contributed by atoms with van der Waals surface area (Å²) < 4.78 is 0. The molecule has 0 saturated carbocycles. The van der Waals surface area contributed by atoms with Crippen LogP contribution in [-0.2, 0) is 4.79 Å². The number of nitrogens with one attached hydrogen (secondary N) is 1. The SMILES string of the molecule is C#CCC(=O)C1CCNCC1.Cl. The Morgan fingerprint density at radius 3 is 2.58 bits per heavy atom. The minimum absolute atomic E-state index is 0. The predicted octanol–water partition coefficient (Wildman–Crippen LogP) is 1.00. The Morgan fingerprint density at radius 2 is 2.08 bits per heavy atom. The van der Waals surface area contributed by atoms with Crippen LogP contribution in [0.25, 0.3) is 0 Å². The molecule has 2 nitrogen and oxygen atoms in total. The van der Waals surface area contributed by atoms with Crippen LogP contribution in [0, 0.1) is 18.3 Å². The highest BCUT2D eigenvalue weighted by Gasteiger charge is 2.19. The Balaban J connectivity index is 0.00000121. The van der Waals surface area contributed by atoms with Crippen molar-refractivity contribution in [3.63, 3.8) is 0 Å². The molecule has 0 radical (unpaired) electrons. The Bertz CT molecular complexity index is 179. The first kappa shape index (κ1) is 11.5. The van der Waals surface area contributed by atoms with Gasteiger partial charge in [0.05, 0.1) is 6.42 Å². The van der Waals surface area contributed by atoms with Crippen molar-refractivity contribution in [2.75, 3.05) is 13.1 Å². The number of carbonyl (C=O) groups is 1. The van der Waals surface area contributed by atoms with Gasteiger partial charge in [-0.1, -0.05) is 5.92 Å². The fourth-order valence-electron chi connectivity index (χ4n) is 1.39. The topological polar surface area (TPSA) is 29.1 Å². The molecule has 0 aromatic carbocycles. The maximum atomic E-state index is 11.2. The summed E-state index contributed by atoms with van der Waals surface area (Å²) in [6.07, 6.45) is 7.28. The Hall–Kier alpha value is -0.520. The lowest BCUT2D eigenvalue weighted by Crippen LogP contribution is -2.31. The second-order valence-electron chi connectivity index (χ2n) is 2.87. The van der Waals surface area contributed by atoms with Crippen LogP contribution in [0.3, 0.4) is 0 Å². The number of hydrogen-bond donors (Lipinski definition) is 1. The Labute approximate surface area is 79.5 Å². The van der Waals surface area contributed by atoms with Gasteiger partial charge < -0.3 is 5.32 Å². The molecule has 0 amide bonds. The van der Waals surface area contributed by atoms with Gasteiger partial charge >= 0.3 is 0 Å². The summed E-state index contributed by atoms with van der Waals surface area (Å²) in [5, 5.41) is 3.21. The lowest BCUT2D eigenvalue weighted by molar-refractivity contribution is -0.122. The standard InChI is InChI=1S/C9H13NO.ClH/c1-2-3-9(11)8-4-6-10-7-5-8;/h1,8,10H,3-7H2;1H. The molecular weight excluding hydrogens is 174 g/mol. The smallest absolute Gasteiger partial charge is 0.147 e. The normalized spacial score (nSPS) is 17.6. The molecule has 1 rings (SSSR count). The number of rotatable bonds is 2. The first-order valence-electron chi connectivity index (χ1n) is 4.01. The minimum Gasteiger partial charge on any atom is -0.317 e. The summed E-state index contributed by atoms with van der Waals surface area (Å²) in [6, 6.07) is 0. The first-order valence-corrected chi connectivity index (χ1v) is 4.01. The third kappa shape index (κ3) is 3.25. The van der Waals surface area contributed by atoms with E-state index in [2.05, 4.69) is 11.2 Å². The van der Waals surface area contributed by atoms with Crippen LogP contribution < -0.4 is 5.32 Å². The molecule has 0 bridgehead atoms. The zero-order chi connectivity index (χ0) is 8.10. The van der Waals surface area contributed by atoms with E-state index in [-0.39, 0.29) is 24.1 Å². The summed E-state index contributed by atoms with van der Waals surface area (Å²) >= 11 is 0. The van der Waals surface area contributed by atoms with Crippen molar-refractivity contribution in [2.45, 2.75) is 19.3 Å². The van der Waals surface area contributed by atoms with Gasteiger partial charge in [-0.15, -0.1) is 18.8 Å². The number of terminal acetylenes is 1. The van der Waals surface area contributed by atoms with Crippen molar-refractivity contribution < 1.29 is 4.79 Å². The van der Waals surface area contributed by atoms with E-state index in [0.717, 1.165) is 25.9 Å². The molecule has 1 N–H and O–H groups in total. The lowest BCUT2D eigenvalue weighted by atomic mass is 9.92. The quantitative estimate of drug-likeness (QED) is 0.654. The van der Waals surface area contributed by atoms with E-state index >= 15 is 0 Å². The van der Waals surface area contributed by atoms with E-state index < -0.39 is 0 Å². The van der Waals surface area contributed by atoms with Crippen LogP contribution in [0.15, 0.2) is 0 Å². The molecule has 0 aromatic rings. The fourth-order valence-corrected chi connectivity index (χ4v) is 1.39. The first-order chi connectivity index (χ1) is 5.34. The third-order valence-electron chi connectivity index (χ3n) is 2.07. The van der Waals surface area contributed by atoms with Crippen molar-refractivity contribution >= 4 is 18.2 Å². The Kier molecular flexibility index (Phi) is 5.79. The summed E-state index contributed by atoms with van der Waals surface area (Å²) in [5.41, 5.74) is 0. The number of halogens is 1. The molecule has 12 heavy (non-hydrogen) atoms. The van der Waals surface area contributed by atoms with Gasteiger partial charge in [-0.25, -0.2) is 0 Å². The second kappa shape index (κ2) is 6.05. The summed E-state index contributed by atoms with van der Waals surface area (Å²) in [7, 11) is 0. The summed E-state index contributed by atoms with van der Waals surface area (Å²) in [4.78, 5) is 11.2. The van der Waals surface area contributed by atoms with Crippen LogP contribution >= 0.6 is 12.4 Å². The molecule has 0 aliphatic carbocycles. The highest BCUT2D eigenvalue weighted by atomic mass is 35.5. The van der Waals surface area contributed by atoms with Crippen molar-refractivity contribution in [1.29, 1.82) is 0 Å². The van der Waals surface area contributed by atoms with Crippen LogP contribution in [0.4, 0.5) is 0 Å². The van der Waals surface area contributed by atoms with Crippen molar-refractivity contribution in [3.8, 4) is 12.3 Å². The lowest BCUT2D eigenvalue weighted by Gasteiger charge is -2.20. The highest BCUT2D eigenvalue weighted by Crippen LogP contribution is 2.13. The van der Waals surface area contributed by atoms with Gasteiger partial charge in [0.15, 0.2) is 0 Å². The molecule has 0 spiro atoms. The highest BCUT2D eigenvalue weighted by molar-refractivity contribution is 5.85. The van der Waals surface area contributed by atoms with Gasteiger partial charge in [0.25, 0.3) is 0 Å². The van der Waals surface area contributed by atoms with Gasteiger partial charge in [0, 0.05) is 5.92 Å². The van der Waals surface area contributed by atoms with E-state index in [9.17, 15) is 4.79 Å². The zero-order valence-electron chi connectivity index (χ0n) is 7.01. The largest absolute Gasteiger partial charge is 0.317 e. The van der Waals surface area contributed by atoms with E-state index in [1.807, 2.05) is 0 Å². The van der Waals surface area contributed by atoms with Gasteiger partial charge in [0.2, 0.25) is 0 Å². The molecule has 0 aromatic heterocycles. The van der Waals surface area contributed by atoms with Gasteiger partial charge in [-0.05, 0) is 25.9 Å². The molecule has 0 atom stereocenters. The monoisotopic (exact) mass is 187 g/mol. The average molecular weight is 188 g/mol. The number of ketones is 1. The predicted molar refractivity (Wildman–Crippen MR) is 51.3 cm³/mol. The number of piperidine rings is 1. The molecule has 1 aliphatic heterocycles. The van der Waals surface area contributed by atoms with E-state index in [4.69, 9.17) is 6.42 Å². The second-order valence-corrected chi connectivity index (χ2v) is 2.87. The molecule has 1 fully saturated rings. The number of Topliss-reactive ketones (excluding diaryl/α,β-unsaturated/α-hetero) is 1. The number of carbonyl (C=O) groups excluding carboxylic acids is 1. The summed E-state index contributed by atoms with van der Waals surface area (Å²) in [6.45, 7) is 1.92. The molecule has 1 aliphatic rings. The van der Waals surface area contributed by atoms with Crippen molar-refractivity contribution in [3.05, 3.63) is 0 Å². The molecule has 0 unspecified atom stereocenters. The van der Waals surface area contributed by atoms with Crippen LogP contribution in [0.2, 0.25) is 0 Å². The number of hydrogen-bond acceptors (Lipinski definition) is 2. The summed E-state index contributed by atoms with van der Waals surface area (Å²) in [5.74, 6) is 2.87. The molecule has 1 heterocycles. The van der Waals surface area contributed by atoms with Crippen LogP contribution in [0.1, 0.15) is 19.3 Å². The van der Waals surface area contributed by atoms with Gasteiger partial charge in [-0.3, -0.25) is 4.79 Å². The van der Waals surface area contributed by atoms with E-state index in [1.54, 1.807) is 0 Å². The van der Waals surface area contributed by atoms with E-state index in [0.29, 0.717) is 6.42 Å². The molecule has 1 saturated heterocycles.